The molecule has 0 saturated carbocycles. The quantitative estimate of drug-likeness (QED) is 0.610. The average molecular weight is 380 g/mol. The lowest BCUT2D eigenvalue weighted by Crippen LogP contribution is -2.22. The van der Waals surface area contributed by atoms with Gasteiger partial charge in [-0.25, -0.2) is 4.98 Å². The van der Waals surface area contributed by atoms with Crippen molar-refractivity contribution in [3.8, 4) is 17.4 Å². The first-order valence-electron chi connectivity index (χ1n) is 8.37. The van der Waals surface area contributed by atoms with E-state index in [9.17, 15) is 4.79 Å². The molecule has 0 atom stereocenters. The number of pyridine rings is 1. The maximum absolute atomic E-state index is 12.2. The maximum atomic E-state index is 12.2. The topological polar surface area (TPSA) is 60.5 Å². The van der Waals surface area contributed by atoms with Gasteiger partial charge in [-0.05, 0) is 48.2 Å². The molecule has 0 unspecified atom stereocenters. The molecule has 3 rings (SSSR count). The van der Waals surface area contributed by atoms with Gasteiger partial charge >= 0.3 is 0 Å². The fourth-order valence-electron chi connectivity index (χ4n) is 2.39. The van der Waals surface area contributed by atoms with Crippen LogP contribution in [0.3, 0.4) is 0 Å². The Balaban J connectivity index is 1.56. The van der Waals surface area contributed by atoms with Crippen molar-refractivity contribution in [3.63, 3.8) is 0 Å². The highest BCUT2D eigenvalue weighted by Gasteiger charge is 2.06. The molecule has 0 saturated heterocycles. The van der Waals surface area contributed by atoms with Crippen LogP contribution in [-0.4, -0.2) is 24.3 Å². The van der Waals surface area contributed by atoms with E-state index in [1.165, 1.54) is 0 Å². The summed E-state index contributed by atoms with van der Waals surface area (Å²) in [5.41, 5.74) is 1.53. The van der Waals surface area contributed by atoms with Crippen LogP contribution in [0.2, 0.25) is 0 Å². The Morgan fingerprint density at radius 3 is 2.52 bits per heavy atom. The number of carbonyl (C=O) groups excluding carboxylic acids is 1. The number of nitrogens with one attached hydrogen (secondary N) is 1. The van der Waals surface area contributed by atoms with Gasteiger partial charge in [-0.2, -0.15) is 0 Å². The van der Waals surface area contributed by atoms with E-state index in [4.69, 9.17) is 9.47 Å². The number of hydrogen-bond donors (Lipinski definition) is 1. The van der Waals surface area contributed by atoms with Crippen LogP contribution in [0.25, 0.3) is 0 Å². The Bertz CT molecular complexity index is 896. The van der Waals surface area contributed by atoms with Gasteiger partial charge < -0.3 is 14.8 Å². The second-order valence-electron chi connectivity index (χ2n) is 5.70. The summed E-state index contributed by atoms with van der Waals surface area (Å²) in [6.07, 6.45) is 3.69. The number of aromatic nitrogens is 1. The minimum absolute atomic E-state index is 0.112. The largest absolute Gasteiger partial charge is 0.497 e. The summed E-state index contributed by atoms with van der Waals surface area (Å²) in [4.78, 5) is 17.6. The number of amides is 1. The molecule has 1 N–H and O–H groups in total. The first kappa shape index (κ1) is 18.8. The number of methoxy groups -OCH3 is 1. The predicted octanol–water partition coefficient (Wildman–Crippen LogP) is 4.53. The second-order valence-corrected chi connectivity index (χ2v) is 6.58. The van der Waals surface area contributed by atoms with Gasteiger partial charge in [0.15, 0.2) is 0 Å². The zero-order chi connectivity index (χ0) is 19.1. The molecule has 0 aliphatic heterocycles. The first-order valence-corrected chi connectivity index (χ1v) is 9.59. The SMILES string of the molecule is COc1cccc(Oc2ccc(CNC(=O)c3ccc(SC)cc3)cn2)c1. The van der Waals surface area contributed by atoms with Gasteiger partial charge in [-0.15, -0.1) is 11.8 Å². The summed E-state index contributed by atoms with van der Waals surface area (Å²) in [7, 11) is 1.61. The van der Waals surface area contributed by atoms with E-state index < -0.39 is 0 Å². The van der Waals surface area contributed by atoms with Crippen LogP contribution in [0, 0.1) is 0 Å². The minimum atomic E-state index is -0.112. The van der Waals surface area contributed by atoms with Crippen LogP contribution >= 0.6 is 11.8 Å². The molecule has 5 nitrogen and oxygen atoms in total. The molecule has 0 spiro atoms. The Morgan fingerprint density at radius 1 is 1.07 bits per heavy atom. The van der Waals surface area contributed by atoms with Crippen molar-refractivity contribution in [1.82, 2.24) is 10.3 Å². The van der Waals surface area contributed by atoms with Gasteiger partial charge in [-0.1, -0.05) is 12.1 Å². The molecule has 1 amide bonds. The van der Waals surface area contributed by atoms with Crippen LogP contribution in [0.1, 0.15) is 15.9 Å². The number of nitrogens with zero attached hydrogens (tertiary/aromatic N) is 1. The third-order valence-electron chi connectivity index (χ3n) is 3.87. The van der Waals surface area contributed by atoms with Gasteiger partial charge in [0.2, 0.25) is 5.88 Å². The number of rotatable bonds is 7. The fourth-order valence-corrected chi connectivity index (χ4v) is 2.80. The number of benzene rings is 2. The van der Waals surface area contributed by atoms with E-state index in [1.54, 1.807) is 37.2 Å². The van der Waals surface area contributed by atoms with Gasteiger partial charge in [-0.3, -0.25) is 4.79 Å². The molecule has 0 bridgehead atoms. The Labute approximate surface area is 162 Å². The van der Waals surface area contributed by atoms with Crippen molar-refractivity contribution in [2.24, 2.45) is 0 Å². The predicted molar refractivity (Wildman–Crippen MR) is 107 cm³/mol. The number of ether oxygens (including phenoxy) is 2. The Kier molecular flexibility index (Phi) is 6.33. The highest BCUT2D eigenvalue weighted by Crippen LogP contribution is 2.23. The van der Waals surface area contributed by atoms with E-state index in [-0.39, 0.29) is 5.91 Å². The standard InChI is InChI=1S/C21H20N2O3S/c1-25-17-4-3-5-18(12-17)26-20-11-6-15(13-22-20)14-23-21(24)16-7-9-19(27-2)10-8-16/h3-13H,14H2,1-2H3,(H,23,24). The van der Waals surface area contributed by atoms with Gasteiger partial charge in [0.05, 0.1) is 7.11 Å². The van der Waals surface area contributed by atoms with Crippen molar-refractivity contribution in [2.75, 3.05) is 13.4 Å². The van der Waals surface area contributed by atoms with Crippen LogP contribution in [0.4, 0.5) is 0 Å². The smallest absolute Gasteiger partial charge is 0.251 e. The second kappa shape index (κ2) is 9.09. The Morgan fingerprint density at radius 2 is 1.85 bits per heavy atom. The molecule has 0 aliphatic rings. The van der Waals surface area contributed by atoms with Crippen LogP contribution in [-0.2, 0) is 6.54 Å². The van der Waals surface area contributed by atoms with Gasteiger partial charge in [0, 0.05) is 35.3 Å². The van der Waals surface area contributed by atoms with Crippen molar-refractivity contribution in [3.05, 3.63) is 78.0 Å². The first-order chi connectivity index (χ1) is 13.2. The number of carbonyl (C=O) groups is 1. The van der Waals surface area contributed by atoms with E-state index in [0.29, 0.717) is 23.7 Å². The van der Waals surface area contributed by atoms with Crippen molar-refractivity contribution in [2.45, 2.75) is 11.4 Å². The molecule has 1 heterocycles. The molecule has 6 heteroatoms. The molecule has 3 aromatic rings. The van der Waals surface area contributed by atoms with E-state index in [2.05, 4.69) is 10.3 Å². The highest BCUT2D eigenvalue weighted by atomic mass is 32.2. The van der Waals surface area contributed by atoms with Crippen molar-refractivity contribution in [1.29, 1.82) is 0 Å². The van der Waals surface area contributed by atoms with Crippen molar-refractivity contribution >= 4 is 17.7 Å². The molecular weight excluding hydrogens is 360 g/mol. The molecule has 0 aliphatic carbocycles. The molecule has 27 heavy (non-hydrogen) atoms. The van der Waals surface area contributed by atoms with Crippen molar-refractivity contribution < 1.29 is 14.3 Å². The zero-order valence-corrected chi connectivity index (χ0v) is 16.0. The minimum Gasteiger partial charge on any atom is -0.497 e. The van der Waals surface area contributed by atoms with Crippen LogP contribution in [0.15, 0.2) is 71.8 Å². The van der Waals surface area contributed by atoms with Crippen LogP contribution < -0.4 is 14.8 Å². The summed E-state index contributed by atoms with van der Waals surface area (Å²) in [6.45, 7) is 0.398. The van der Waals surface area contributed by atoms with E-state index in [0.717, 1.165) is 16.2 Å². The number of thioether (sulfide) groups is 1. The lowest BCUT2D eigenvalue weighted by Gasteiger charge is -2.08. The number of hydrogen-bond acceptors (Lipinski definition) is 5. The maximum Gasteiger partial charge on any atom is 0.251 e. The molecule has 2 aromatic carbocycles. The zero-order valence-electron chi connectivity index (χ0n) is 15.1. The molecule has 138 valence electrons. The Hall–Kier alpha value is -2.99. The normalized spacial score (nSPS) is 10.3. The molecule has 1 aromatic heterocycles. The third-order valence-corrected chi connectivity index (χ3v) is 4.61. The average Bonchev–Trinajstić information content (AvgIpc) is 2.73. The molecular formula is C21H20N2O3S. The monoisotopic (exact) mass is 380 g/mol. The third kappa shape index (κ3) is 5.24. The van der Waals surface area contributed by atoms with Gasteiger partial charge in [0.25, 0.3) is 5.91 Å². The van der Waals surface area contributed by atoms with Gasteiger partial charge in [0.1, 0.15) is 11.5 Å². The summed E-state index contributed by atoms with van der Waals surface area (Å²) < 4.78 is 10.9. The lowest BCUT2D eigenvalue weighted by molar-refractivity contribution is 0.0951. The van der Waals surface area contributed by atoms with Crippen LogP contribution in [0.5, 0.6) is 17.4 Å². The summed E-state index contributed by atoms with van der Waals surface area (Å²) in [6, 6.07) is 18.5. The fraction of sp³-hybridized carbons (Fsp3) is 0.143. The molecule has 0 radical (unpaired) electrons. The summed E-state index contributed by atoms with van der Waals surface area (Å²) in [5, 5.41) is 2.89. The van der Waals surface area contributed by atoms with E-state index in [1.807, 2.05) is 54.8 Å². The summed E-state index contributed by atoms with van der Waals surface area (Å²) in [5.74, 6) is 1.74. The molecule has 0 fully saturated rings. The highest BCUT2D eigenvalue weighted by molar-refractivity contribution is 7.98. The summed E-state index contributed by atoms with van der Waals surface area (Å²) >= 11 is 1.64. The lowest BCUT2D eigenvalue weighted by atomic mass is 10.2. The van der Waals surface area contributed by atoms with E-state index >= 15 is 0 Å².